The summed E-state index contributed by atoms with van der Waals surface area (Å²) >= 11 is 6.83. The van der Waals surface area contributed by atoms with E-state index in [0.29, 0.717) is 22.8 Å². The number of urea groups is 1. The molecule has 1 aliphatic heterocycles. The Morgan fingerprint density at radius 1 is 1.14 bits per heavy atom. The SMILES string of the molecule is CSN(c1nncc2c1N=NC2c1ccc(NC(=O)Nc2ccc(Cl)c(C(F)(F)F)c2)cc1)S(C)=O. The van der Waals surface area contributed by atoms with Crippen molar-refractivity contribution in [3.63, 3.8) is 0 Å². The van der Waals surface area contributed by atoms with Crippen LogP contribution in [0.5, 0.6) is 0 Å². The number of nitrogens with zero attached hydrogens (tertiary/aromatic N) is 5. The van der Waals surface area contributed by atoms with Crippen LogP contribution < -0.4 is 14.3 Å². The molecular weight excluding hydrogens is 539 g/mol. The molecule has 9 nitrogen and oxygen atoms in total. The highest BCUT2D eigenvalue weighted by molar-refractivity contribution is 8.11. The number of halogens is 4. The maximum absolute atomic E-state index is 13.0. The zero-order valence-corrected chi connectivity index (χ0v) is 21.0. The lowest BCUT2D eigenvalue weighted by molar-refractivity contribution is -0.137. The minimum atomic E-state index is -4.65. The predicted octanol–water partition coefficient (Wildman–Crippen LogP) is 6.36. The van der Waals surface area contributed by atoms with E-state index in [1.165, 1.54) is 28.0 Å². The number of fused-ring (bicyclic) bond motifs is 1. The fourth-order valence-electron chi connectivity index (χ4n) is 3.41. The van der Waals surface area contributed by atoms with Gasteiger partial charge in [-0.05, 0) is 47.8 Å². The van der Waals surface area contributed by atoms with Crippen molar-refractivity contribution in [2.75, 3.05) is 26.9 Å². The highest BCUT2D eigenvalue weighted by atomic mass is 35.5. The molecule has 0 bridgehead atoms. The van der Waals surface area contributed by atoms with Gasteiger partial charge >= 0.3 is 12.2 Å². The first kappa shape index (κ1) is 25.9. The van der Waals surface area contributed by atoms with Crippen LogP contribution in [0.25, 0.3) is 0 Å². The van der Waals surface area contributed by atoms with Crippen molar-refractivity contribution in [3.05, 3.63) is 70.4 Å². The smallest absolute Gasteiger partial charge is 0.308 e. The van der Waals surface area contributed by atoms with Gasteiger partial charge in [0.1, 0.15) is 22.7 Å². The fraction of sp³-hybridized carbons (Fsp3) is 0.190. The van der Waals surface area contributed by atoms with Crippen LogP contribution in [0.15, 0.2) is 58.9 Å². The van der Waals surface area contributed by atoms with Crippen LogP contribution in [0.1, 0.15) is 22.7 Å². The number of carbonyl (C=O) groups excluding carboxylic acids is 1. The molecule has 4 rings (SSSR count). The second-order valence-electron chi connectivity index (χ2n) is 7.35. The average molecular weight is 556 g/mol. The number of benzene rings is 2. The number of azo groups is 1. The first-order valence-corrected chi connectivity index (χ1v) is 13.1. The Bertz CT molecular complexity index is 1360. The lowest BCUT2D eigenvalue weighted by Gasteiger charge is -2.17. The molecule has 3 aromatic rings. The third-order valence-electron chi connectivity index (χ3n) is 4.99. The zero-order valence-electron chi connectivity index (χ0n) is 18.6. The highest BCUT2D eigenvalue weighted by Gasteiger charge is 2.33. The quantitative estimate of drug-likeness (QED) is 0.344. The molecule has 0 spiro atoms. The van der Waals surface area contributed by atoms with Crippen molar-refractivity contribution in [3.8, 4) is 0 Å². The van der Waals surface area contributed by atoms with Crippen LogP contribution in [-0.4, -0.2) is 32.9 Å². The van der Waals surface area contributed by atoms with Gasteiger partial charge in [-0.2, -0.15) is 28.5 Å². The summed E-state index contributed by atoms with van der Waals surface area (Å²) in [7, 11) is -1.35. The molecule has 36 heavy (non-hydrogen) atoms. The van der Waals surface area contributed by atoms with Gasteiger partial charge in [-0.1, -0.05) is 23.7 Å². The van der Waals surface area contributed by atoms with Crippen molar-refractivity contribution in [1.82, 2.24) is 10.2 Å². The molecule has 15 heteroatoms. The van der Waals surface area contributed by atoms with E-state index in [2.05, 4.69) is 31.1 Å². The van der Waals surface area contributed by atoms with E-state index in [9.17, 15) is 22.2 Å². The van der Waals surface area contributed by atoms with Crippen LogP contribution in [0, 0.1) is 0 Å². The Labute approximate surface area is 215 Å². The van der Waals surface area contributed by atoms with E-state index >= 15 is 0 Å². The van der Waals surface area contributed by atoms with Crippen molar-refractivity contribution >= 4 is 63.4 Å². The van der Waals surface area contributed by atoms with Gasteiger partial charge < -0.3 is 10.6 Å². The van der Waals surface area contributed by atoms with Crippen molar-refractivity contribution in [2.45, 2.75) is 12.2 Å². The molecule has 2 heterocycles. The summed E-state index contributed by atoms with van der Waals surface area (Å²) < 4.78 is 52.6. The number of nitrogens with one attached hydrogen (secondary N) is 2. The molecule has 1 aliphatic rings. The maximum Gasteiger partial charge on any atom is 0.417 e. The highest BCUT2D eigenvalue weighted by Crippen LogP contribution is 2.45. The molecule has 1 aromatic heterocycles. The molecule has 0 saturated carbocycles. The average Bonchev–Trinajstić information content (AvgIpc) is 3.25. The summed E-state index contributed by atoms with van der Waals surface area (Å²) in [5.74, 6) is 0.345. The topological polar surface area (TPSA) is 112 Å². The van der Waals surface area contributed by atoms with E-state index in [1.54, 1.807) is 36.7 Å². The van der Waals surface area contributed by atoms with Crippen LogP contribution in [0.2, 0.25) is 5.02 Å². The number of carbonyl (C=O) groups is 1. The monoisotopic (exact) mass is 555 g/mol. The van der Waals surface area contributed by atoms with Gasteiger partial charge in [-0.15, -0.1) is 5.10 Å². The molecule has 0 aliphatic carbocycles. The van der Waals surface area contributed by atoms with Crippen LogP contribution >= 0.6 is 23.5 Å². The van der Waals surface area contributed by atoms with Crippen LogP contribution in [0.4, 0.5) is 40.8 Å². The third-order valence-corrected chi connectivity index (χ3v) is 7.54. The molecule has 188 valence electrons. The van der Waals surface area contributed by atoms with Gasteiger partial charge in [0.15, 0.2) is 0 Å². The first-order valence-electron chi connectivity index (χ1n) is 10.1. The number of amides is 2. The second kappa shape index (κ2) is 10.4. The summed E-state index contributed by atoms with van der Waals surface area (Å²) in [4.78, 5) is 12.3. The maximum atomic E-state index is 13.0. The molecule has 0 fully saturated rings. The van der Waals surface area contributed by atoms with Gasteiger partial charge in [0.2, 0.25) is 5.82 Å². The molecule has 2 aromatic carbocycles. The van der Waals surface area contributed by atoms with E-state index in [-0.39, 0.29) is 5.69 Å². The number of alkyl halides is 3. The predicted molar refractivity (Wildman–Crippen MR) is 134 cm³/mol. The van der Waals surface area contributed by atoms with Gasteiger partial charge in [0.25, 0.3) is 0 Å². The minimum absolute atomic E-state index is 0.0620. The lowest BCUT2D eigenvalue weighted by Crippen LogP contribution is -2.20. The number of anilines is 3. The fourth-order valence-corrected chi connectivity index (χ4v) is 5.14. The van der Waals surface area contributed by atoms with Gasteiger partial charge in [-0.3, -0.25) is 0 Å². The number of rotatable bonds is 6. The number of aromatic nitrogens is 2. The Kier molecular flexibility index (Phi) is 7.47. The Morgan fingerprint density at radius 3 is 2.44 bits per heavy atom. The van der Waals surface area contributed by atoms with E-state index in [1.807, 2.05) is 0 Å². The van der Waals surface area contributed by atoms with E-state index < -0.39 is 39.8 Å². The normalized spacial score (nSPS) is 15.3. The molecule has 0 saturated heterocycles. The van der Waals surface area contributed by atoms with Gasteiger partial charge in [-0.25, -0.2) is 12.7 Å². The zero-order chi connectivity index (χ0) is 26.0. The largest absolute Gasteiger partial charge is 0.417 e. The molecule has 2 atom stereocenters. The molecular formula is C21H17ClF3N7O2S2. The van der Waals surface area contributed by atoms with Crippen LogP contribution in [-0.2, 0) is 17.2 Å². The van der Waals surface area contributed by atoms with E-state index in [4.69, 9.17) is 11.6 Å². The summed E-state index contributed by atoms with van der Waals surface area (Å²) in [6, 6.07) is 8.59. The van der Waals surface area contributed by atoms with Crippen LogP contribution in [0.3, 0.4) is 0 Å². The van der Waals surface area contributed by atoms with E-state index in [0.717, 1.165) is 17.7 Å². The summed E-state index contributed by atoms with van der Waals surface area (Å²) in [5.41, 5.74) is 1.21. The summed E-state index contributed by atoms with van der Waals surface area (Å²) in [5, 5.41) is 21.0. The molecule has 0 radical (unpaired) electrons. The Balaban J connectivity index is 1.47. The summed E-state index contributed by atoms with van der Waals surface area (Å²) in [6.45, 7) is 0. The summed E-state index contributed by atoms with van der Waals surface area (Å²) in [6.07, 6.45) is 0.174. The number of hydrogen-bond acceptors (Lipinski definition) is 7. The third kappa shape index (κ3) is 5.44. The molecule has 2 N–H and O–H groups in total. The lowest BCUT2D eigenvalue weighted by atomic mass is 10.0. The molecule has 2 unspecified atom stereocenters. The number of hydrogen-bond donors (Lipinski definition) is 2. The Hall–Kier alpha value is -3.23. The van der Waals surface area contributed by atoms with Crippen molar-refractivity contribution in [1.29, 1.82) is 0 Å². The van der Waals surface area contributed by atoms with Crippen molar-refractivity contribution < 1.29 is 22.2 Å². The van der Waals surface area contributed by atoms with Crippen molar-refractivity contribution in [2.24, 2.45) is 10.2 Å². The van der Waals surface area contributed by atoms with Gasteiger partial charge in [0, 0.05) is 29.4 Å². The Morgan fingerprint density at radius 2 is 1.81 bits per heavy atom. The minimum Gasteiger partial charge on any atom is -0.308 e. The second-order valence-corrected chi connectivity index (χ2v) is 9.93. The first-order chi connectivity index (χ1) is 17.1. The van der Waals surface area contributed by atoms with Gasteiger partial charge in [0.05, 0.1) is 16.8 Å². The molecule has 2 amide bonds. The standard InChI is InChI=1S/C21H17ClF3N7O2S2/c1-35-32(36(2)34)19-18-14(10-26-31-19)17(29-30-18)11-3-5-12(6-4-11)27-20(33)28-13-7-8-16(22)15(9-13)21(23,24)25/h3-10,17H,1-2H3,(H2,27,28,33).